The summed E-state index contributed by atoms with van der Waals surface area (Å²) in [6, 6.07) is 6.16. The number of rotatable bonds is 7. The minimum absolute atomic E-state index is 0.000184. The maximum absolute atomic E-state index is 11.7. The number of carbonyl (C=O) groups excluding carboxylic acids is 4. The predicted molar refractivity (Wildman–Crippen MR) is 81.9 cm³/mol. The molecule has 0 aromatic heterocycles. The Labute approximate surface area is 138 Å². The fourth-order valence-corrected chi connectivity index (χ4v) is 2.21. The zero-order chi connectivity index (χ0) is 17.5. The van der Waals surface area contributed by atoms with E-state index in [1.54, 1.807) is 24.3 Å². The Hall–Kier alpha value is -2.90. The van der Waals surface area contributed by atoms with E-state index in [1.165, 1.54) is 7.11 Å². The number of nitrogens with zero attached hydrogens (tertiary/aromatic N) is 1. The van der Waals surface area contributed by atoms with Crippen LogP contribution in [0.5, 0.6) is 0 Å². The summed E-state index contributed by atoms with van der Waals surface area (Å²) in [7, 11) is 1.29. The third kappa shape index (κ3) is 4.55. The fraction of sp³-hybridized carbons (Fsp3) is 0.375. The van der Waals surface area contributed by atoms with E-state index >= 15 is 0 Å². The summed E-state index contributed by atoms with van der Waals surface area (Å²) in [4.78, 5) is 46.9. The van der Waals surface area contributed by atoms with Crippen LogP contribution in [0.2, 0.25) is 0 Å². The van der Waals surface area contributed by atoms with Crippen molar-refractivity contribution in [2.75, 3.05) is 20.2 Å². The van der Waals surface area contributed by atoms with Gasteiger partial charge in [0.25, 0.3) is 0 Å². The van der Waals surface area contributed by atoms with Crippen molar-refractivity contribution in [3.63, 3.8) is 0 Å². The molecule has 3 amide bonds. The van der Waals surface area contributed by atoms with Crippen molar-refractivity contribution >= 4 is 23.9 Å². The highest BCUT2D eigenvalue weighted by molar-refractivity contribution is 6.01. The maximum Gasteiger partial charge on any atom is 0.337 e. The molecule has 8 heteroatoms. The standard InChI is InChI=1S/C16H18N2O6/c1-23-15(21)12-5-2-4-11(8-12)10-24-14(20)6-3-7-18-13(19)9-17-16(18)22/h2,4-5,8H,3,6-7,9-10H2,1H3,(H,17,22). The van der Waals surface area contributed by atoms with Gasteiger partial charge in [-0.25, -0.2) is 9.59 Å². The number of hydrogen-bond donors (Lipinski definition) is 1. The van der Waals surface area contributed by atoms with Gasteiger partial charge in [0.05, 0.1) is 19.2 Å². The number of hydrogen-bond acceptors (Lipinski definition) is 6. The van der Waals surface area contributed by atoms with Crippen LogP contribution in [0.1, 0.15) is 28.8 Å². The van der Waals surface area contributed by atoms with Crippen molar-refractivity contribution in [3.8, 4) is 0 Å². The van der Waals surface area contributed by atoms with Gasteiger partial charge >= 0.3 is 18.0 Å². The van der Waals surface area contributed by atoms with Crippen molar-refractivity contribution in [3.05, 3.63) is 35.4 Å². The second-order valence-corrected chi connectivity index (χ2v) is 5.16. The molecular weight excluding hydrogens is 316 g/mol. The van der Waals surface area contributed by atoms with Gasteiger partial charge in [-0.15, -0.1) is 0 Å². The number of carbonyl (C=O) groups is 4. The highest BCUT2D eigenvalue weighted by atomic mass is 16.5. The minimum Gasteiger partial charge on any atom is -0.465 e. The minimum atomic E-state index is -0.461. The Morgan fingerprint density at radius 2 is 2.08 bits per heavy atom. The number of amides is 3. The van der Waals surface area contributed by atoms with Crippen molar-refractivity contribution in [2.45, 2.75) is 19.4 Å². The van der Waals surface area contributed by atoms with E-state index < -0.39 is 18.0 Å². The molecule has 0 radical (unpaired) electrons. The molecule has 128 valence electrons. The average molecular weight is 334 g/mol. The summed E-state index contributed by atoms with van der Waals surface area (Å²) >= 11 is 0. The SMILES string of the molecule is COC(=O)c1cccc(COC(=O)CCCN2C(=O)CNC2=O)c1. The average Bonchev–Trinajstić information content (AvgIpc) is 2.91. The normalized spacial score (nSPS) is 13.6. The van der Waals surface area contributed by atoms with E-state index in [0.29, 0.717) is 17.5 Å². The van der Waals surface area contributed by atoms with Crippen molar-refractivity contribution in [1.29, 1.82) is 0 Å². The first kappa shape index (κ1) is 17.5. The van der Waals surface area contributed by atoms with E-state index in [0.717, 1.165) is 4.90 Å². The van der Waals surface area contributed by atoms with Crippen LogP contribution in [0.25, 0.3) is 0 Å². The second kappa shape index (κ2) is 8.09. The van der Waals surface area contributed by atoms with Gasteiger partial charge in [-0.2, -0.15) is 0 Å². The molecule has 0 unspecified atom stereocenters. The third-order valence-corrected chi connectivity index (χ3v) is 3.45. The number of imide groups is 1. The molecule has 1 aliphatic rings. The molecule has 1 N–H and O–H groups in total. The van der Waals surface area contributed by atoms with Gasteiger partial charge in [-0.3, -0.25) is 14.5 Å². The van der Waals surface area contributed by atoms with Gasteiger partial charge < -0.3 is 14.8 Å². The summed E-state index contributed by atoms with van der Waals surface area (Å²) in [5.74, 6) is -1.20. The molecule has 1 aliphatic heterocycles. The van der Waals surface area contributed by atoms with Crippen molar-refractivity contribution in [2.24, 2.45) is 0 Å². The van der Waals surface area contributed by atoms with Gasteiger partial charge in [0.1, 0.15) is 6.61 Å². The lowest BCUT2D eigenvalue weighted by atomic mass is 10.1. The predicted octanol–water partition coefficient (Wildman–Crippen LogP) is 0.848. The van der Waals surface area contributed by atoms with Crippen LogP contribution in [0, 0.1) is 0 Å². The molecule has 0 saturated carbocycles. The zero-order valence-corrected chi connectivity index (χ0v) is 13.2. The molecule has 1 saturated heterocycles. The van der Waals surface area contributed by atoms with Gasteiger partial charge in [0.15, 0.2) is 0 Å². The number of benzene rings is 1. The van der Waals surface area contributed by atoms with Crippen LogP contribution < -0.4 is 5.32 Å². The van der Waals surface area contributed by atoms with Crippen LogP contribution in [-0.2, 0) is 25.7 Å². The van der Waals surface area contributed by atoms with Gasteiger partial charge in [0, 0.05) is 13.0 Å². The van der Waals surface area contributed by atoms with Crippen molar-refractivity contribution < 1.29 is 28.7 Å². The Balaban J connectivity index is 1.74. The molecule has 1 heterocycles. The Morgan fingerprint density at radius 3 is 2.75 bits per heavy atom. The lowest BCUT2D eigenvalue weighted by Gasteiger charge is -2.11. The Morgan fingerprint density at radius 1 is 1.29 bits per heavy atom. The summed E-state index contributed by atoms with van der Waals surface area (Å²) < 4.78 is 9.74. The molecule has 24 heavy (non-hydrogen) atoms. The number of esters is 2. The first-order chi connectivity index (χ1) is 11.5. The Bertz CT molecular complexity index is 642. The van der Waals surface area contributed by atoms with Crippen LogP contribution in [0.4, 0.5) is 4.79 Å². The molecule has 8 nitrogen and oxygen atoms in total. The lowest BCUT2D eigenvalue weighted by molar-refractivity contribution is -0.145. The Kier molecular flexibility index (Phi) is 5.89. The van der Waals surface area contributed by atoms with Gasteiger partial charge in [-0.1, -0.05) is 12.1 Å². The first-order valence-corrected chi connectivity index (χ1v) is 7.42. The largest absolute Gasteiger partial charge is 0.465 e. The van der Waals surface area contributed by atoms with Crippen molar-refractivity contribution in [1.82, 2.24) is 10.2 Å². The van der Waals surface area contributed by atoms with Crippen LogP contribution in [0.3, 0.4) is 0 Å². The molecule has 2 rings (SSSR count). The number of urea groups is 1. The van der Waals surface area contributed by atoms with Gasteiger partial charge in [0.2, 0.25) is 5.91 Å². The maximum atomic E-state index is 11.7. The molecule has 0 spiro atoms. The molecular formula is C16H18N2O6. The molecule has 1 aromatic carbocycles. The lowest BCUT2D eigenvalue weighted by Crippen LogP contribution is -2.32. The third-order valence-electron chi connectivity index (χ3n) is 3.45. The van der Waals surface area contributed by atoms with E-state index in [-0.39, 0.29) is 32.0 Å². The van der Waals surface area contributed by atoms with E-state index in [9.17, 15) is 19.2 Å². The molecule has 1 fully saturated rings. The monoisotopic (exact) mass is 334 g/mol. The number of ether oxygens (including phenoxy) is 2. The summed E-state index contributed by atoms with van der Waals surface area (Å²) in [6.45, 7) is 0.213. The second-order valence-electron chi connectivity index (χ2n) is 5.16. The molecule has 0 aliphatic carbocycles. The quantitative estimate of drug-likeness (QED) is 0.586. The summed E-state index contributed by atoms with van der Waals surface area (Å²) in [6.07, 6.45) is 0.425. The van der Waals surface area contributed by atoms with Crippen LogP contribution in [-0.4, -0.2) is 49.0 Å². The summed E-state index contributed by atoms with van der Waals surface area (Å²) in [5, 5.41) is 2.41. The number of methoxy groups -OCH3 is 1. The molecule has 1 aromatic rings. The highest BCUT2D eigenvalue weighted by Gasteiger charge is 2.27. The number of nitrogens with one attached hydrogen (secondary N) is 1. The fourth-order valence-electron chi connectivity index (χ4n) is 2.21. The molecule has 0 atom stereocenters. The summed E-state index contributed by atoms with van der Waals surface area (Å²) in [5.41, 5.74) is 1.05. The van der Waals surface area contributed by atoms with Crippen LogP contribution in [0.15, 0.2) is 24.3 Å². The smallest absolute Gasteiger partial charge is 0.337 e. The zero-order valence-electron chi connectivity index (χ0n) is 13.2. The van der Waals surface area contributed by atoms with E-state index in [1.807, 2.05) is 0 Å². The first-order valence-electron chi connectivity index (χ1n) is 7.42. The van der Waals surface area contributed by atoms with Gasteiger partial charge in [-0.05, 0) is 24.1 Å². The highest BCUT2D eigenvalue weighted by Crippen LogP contribution is 2.09. The van der Waals surface area contributed by atoms with E-state index in [2.05, 4.69) is 10.1 Å². The van der Waals surface area contributed by atoms with E-state index in [4.69, 9.17) is 4.74 Å². The molecule has 0 bridgehead atoms. The van der Waals surface area contributed by atoms with Crippen LogP contribution >= 0.6 is 0 Å². The topological polar surface area (TPSA) is 102 Å².